The highest BCUT2D eigenvalue weighted by Gasteiger charge is 2.44. The molecule has 0 aromatic heterocycles. The summed E-state index contributed by atoms with van der Waals surface area (Å²) in [6.07, 6.45) is 22.9. The number of hydrogen-bond acceptors (Lipinski definition) is 10. The van der Waals surface area contributed by atoms with Crippen LogP contribution in [0.5, 0.6) is 0 Å². The quantitative estimate of drug-likeness (QED) is 0.0300. The lowest BCUT2D eigenvalue weighted by Gasteiger charge is -2.40. The first-order valence-electron chi connectivity index (χ1n) is 22.9. The molecule has 55 heavy (non-hydrogen) atoms. The van der Waals surface area contributed by atoms with Crippen molar-refractivity contribution in [2.24, 2.45) is 0 Å². The number of aliphatic hydroxyl groups is 7. The number of rotatable bonds is 38. The standard InChI is InChI=1S/C44H87NO10/c1-3-5-7-9-11-13-15-17-18-19-20-22-23-25-27-29-31-36(47)39(49)35(34-54-44-42(52)41(51)40(50)38(33-46)55-44)45-43(53)37(48)32-30-28-26-24-21-16-14-12-10-8-6-4-2/h35-42,44,46-52H,3-34H2,1-2H3,(H,45,53)/t35-,36+,37+,38?,39-,40+,41?,42?,44+/m0/s1. The van der Waals surface area contributed by atoms with Crippen LogP contribution in [0.3, 0.4) is 0 Å². The van der Waals surface area contributed by atoms with Crippen LogP contribution < -0.4 is 5.32 Å². The van der Waals surface area contributed by atoms with Gasteiger partial charge in [0.2, 0.25) is 5.91 Å². The van der Waals surface area contributed by atoms with E-state index in [2.05, 4.69) is 19.2 Å². The van der Waals surface area contributed by atoms with Gasteiger partial charge in [-0.3, -0.25) is 4.79 Å². The molecule has 1 aliphatic rings. The van der Waals surface area contributed by atoms with Gasteiger partial charge in [0, 0.05) is 0 Å². The molecule has 0 saturated carbocycles. The smallest absolute Gasteiger partial charge is 0.249 e. The molecule has 1 fully saturated rings. The Kier molecular flexibility index (Phi) is 33.3. The molecule has 0 aromatic carbocycles. The highest BCUT2D eigenvalue weighted by atomic mass is 16.7. The number of nitrogens with one attached hydrogen (secondary N) is 1. The molecule has 1 amide bonds. The fraction of sp³-hybridized carbons (Fsp3) is 0.977. The van der Waals surface area contributed by atoms with Crippen molar-refractivity contribution in [1.82, 2.24) is 5.32 Å². The molecule has 0 bridgehead atoms. The summed E-state index contributed by atoms with van der Waals surface area (Å²) in [7, 11) is 0. The largest absolute Gasteiger partial charge is 0.394 e. The number of aliphatic hydroxyl groups excluding tert-OH is 7. The van der Waals surface area contributed by atoms with Crippen LogP contribution in [0, 0.1) is 0 Å². The molecular formula is C44H87NO10. The third kappa shape index (κ3) is 25.3. The number of carbonyl (C=O) groups excluding carboxylic acids is 1. The van der Waals surface area contributed by atoms with Crippen LogP contribution in [-0.2, 0) is 14.3 Å². The Morgan fingerprint density at radius 1 is 0.564 bits per heavy atom. The average Bonchev–Trinajstić information content (AvgIpc) is 3.18. The van der Waals surface area contributed by atoms with Crippen molar-refractivity contribution >= 4 is 5.91 Å². The average molecular weight is 790 g/mol. The predicted molar refractivity (Wildman–Crippen MR) is 220 cm³/mol. The minimum Gasteiger partial charge on any atom is -0.394 e. The molecule has 3 unspecified atom stereocenters. The highest BCUT2D eigenvalue weighted by Crippen LogP contribution is 2.23. The van der Waals surface area contributed by atoms with E-state index in [0.29, 0.717) is 19.3 Å². The molecule has 0 spiro atoms. The Morgan fingerprint density at radius 3 is 1.35 bits per heavy atom. The molecular weight excluding hydrogens is 702 g/mol. The Morgan fingerprint density at radius 2 is 0.945 bits per heavy atom. The second kappa shape index (κ2) is 35.1. The van der Waals surface area contributed by atoms with Gasteiger partial charge in [-0.2, -0.15) is 0 Å². The lowest BCUT2D eigenvalue weighted by molar-refractivity contribution is -0.303. The summed E-state index contributed by atoms with van der Waals surface area (Å²) in [5.41, 5.74) is 0. The lowest BCUT2D eigenvalue weighted by atomic mass is 9.98. The van der Waals surface area contributed by atoms with E-state index in [-0.39, 0.29) is 6.42 Å². The van der Waals surface area contributed by atoms with Gasteiger partial charge in [0.25, 0.3) is 0 Å². The number of hydrogen-bond donors (Lipinski definition) is 8. The SMILES string of the molecule is CCCCCCCCCCCCCCCCCC[C@@H](O)[C@@H](O)[C@H](CO[C@@H]1OC(CO)[C@@H](O)C(O)C1O)NC(=O)[C@H](O)CCCCCCCCCCCCCC. The van der Waals surface area contributed by atoms with Crippen molar-refractivity contribution in [2.75, 3.05) is 13.2 Å². The van der Waals surface area contributed by atoms with Gasteiger partial charge in [-0.1, -0.05) is 194 Å². The molecule has 0 aromatic rings. The molecule has 1 heterocycles. The van der Waals surface area contributed by atoms with Gasteiger partial charge in [-0.15, -0.1) is 0 Å². The maximum absolute atomic E-state index is 13.0. The summed E-state index contributed by atoms with van der Waals surface area (Å²) >= 11 is 0. The van der Waals surface area contributed by atoms with E-state index in [1.54, 1.807) is 0 Å². The Labute approximate surface area is 335 Å². The molecule has 8 N–H and O–H groups in total. The summed E-state index contributed by atoms with van der Waals surface area (Å²) in [5.74, 6) is -0.695. The molecule has 328 valence electrons. The van der Waals surface area contributed by atoms with Crippen LogP contribution in [0.15, 0.2) is 0 Å². The topological polar surface area (TPSA) is 189 Å². The van der Waals surface area contributed by atoms with Gasteiger partial charge < -0.3 is 50.5 Å². The van der Waals surface area contributed by atoms with E-state index in [1.165, 1.54) is 128 Å². The van der Waals surface area contributed by atoms with E-state index in [9.17, 15) is 40.5 Å². The third-order valence-electron chi connectivity index (χ3n) is 11.4. The fourth-order valence-electron chi connectivity index (χ4n) is 7.56. The first-order valence-corrected chi connectivity index (χ1v) is 22.9. The fourth-order valence-corrected chi connectivity index (χ4v) is 7.56. The van der Waals surface area contributed by atoms with Gasteiger partial charge in [0.1, 0.15) is 36.6 Å². The molecule has 11 heteroatoms. The van der Waals surface area contributed by atoms with E-state index < -0.39 is 74.2 Å². The zero-order valence-electron chi connectivity index (χ0n) is 35.2. The summed E-state index contributed by atoms with van der Waals surface area (Å²) in [6.45, 7) is 3.44. The summed E-state index contributed by atoms with van der Waals surface area (Å²) in [6, 6.07) is -1.16. The zero-order valence-corrected chi connectivity index (χ0v) is 35.2. The first-order chi connectivity index (χ1) is 26.7. The molecule has 0 radical (unpaired) electrons. The van der Waals surface area contributed by atoms with Crippen LogP contribution in [0.4, 0.5) is 0 Å². The number of amides is 1. The van der Waals surface area contributed by atoms with Crippen molar-refractivity contribution in [2.45, 2.75) is 262 Å². The van der Waals surface area contributed by atoms with E-state index in [1.807, 2.05) is 0 Å². The predicted octanol–water partition coefficient (Wildman–Crippen LogP) is 7.11. The summed E-state index contributed by atoms with van der Waals surface area (Å²) < 4.78 is 11.1. The van der Waals surface area contributed by atoms with Crippen LogP contribution in [0.1, 0.15) is 206 Å². The summed E-state index contributed by atoms with van der Waals surface area (Å²) in [5, 5.41) is 75.6. The monoisotopic (exact) mass is 790 g/mol. The normalized spacial score (nSPS) is 22.4. The van der Waals surface area contributed by atoms with E-state index >= 15 is 0 Å². The number of ether oxygens (including phenoxy) is 2. The maximum Gasteiger partial charge on any atom is 0.249 e. The van der Waals surface area contributed by atoms with Crippen molar-refractivity contribution in [3.8, 4) is 0 Å². The summed E-state index contributed by atoms with van der Waals surface area (Å²) in [4.78, 5) is 13.0. The van der Waals surface area contributed by atoms with Crippen LogP contribution in [-0.4, -0.2) is 110 Å². The maximum atomic E-state index is 13.0. The van der Waals surface area contributed by atoms with Gasteiger partial charge in [0.15, 0.2) is 6.29 Å². The Hall–Kier alpha value is -0.890. The highest BCUT2D eigenvalue weighted by molar-refractivity contribution is 5.80. The minimum atomic E-state index is -1.65. The molecule has 1 saturated heterocycles. The van der Waals surface area contributed by atoms with Crippen molar-refractivity contribution in [1.29, 1.82) is 0 Å². The van der Waals surface area contributed by atoms with Crippen LogP contribution in [0.2, 0.25) is 0 Å². The number of unbranched alkanes of at least 4 members (excludes halogenated alkanes) is 26. The molecule has 1 aliphatic heterocycles. The Bertz CT molecular complexity index is 866. The van der Waals surface area contributed by atoms with Crippen molar-refractivity contribution in [3.63, 3.8) is 0 Å². The molecule has 0 aliphatic carbocycles. The molecule has 1 rings (SSSR count). The zero-order chi connectivity index (χ0) is 40.5. The van der Waals surface area contributed by atoms with Crippen LogP contribution in [0.25, 0.3) is 0 Å². The van der Waals surface area contributed by atoms with Crippen molar-refractivity contribution in [3.05, 3.63) is 0 Å². The number of carbonyl (C=O) groups is 1. The molecule has 9 atom stereocenters. The van der Waals surface area contributed by atoms with E-state index in [4.69, 9.17) is 9.47 Å². The van der Waals surface area contributed by atoms with Gasteiger partial charge in [0.05, 0.1) is 25.4 Å². The lowest BCUT2D eigenvalue weighted by Crippen LogP contribution is -2.60. The van der Waals surface area contributed by atoms with Gasteiger partial charge in [-0.05, 0) is 12.8 Å². The van der Waals surface area contributed by atoms with Crippen molar-refractivity contribution < 1.29 is 50.0 Å². The Balaban J connectivity index is 2.46. The van der Waals surface area contributed by atoms with Gasteiger partial charge in [-0.25, -0.2) is 0 Å². The molecule has 11 nitrogen and oxygen atoms in total. The first kappa shape index (κ1) is 52.1. The second-order valence-corrected chi connectivity index (χ2v) is 16.5. The third-order valence-corrected chi connectivity index (χ3v) is 11.4. The van der Waals surface area contributed by atoms with E-state index in [0.717, 1.165) is 38.5 Å². The second-order valence-electron chi connectivity index (χ2n) is 16.5. The van der Waals surface area contributed by atoms with Gasteiger partial charge >= 0.3 is 0 Å². The minimum absolute atomic E-state index is 0.265. The van der Waals surface area contributed by atoms with Crippen LogP contribution >= 0.6 is 0 Å².